The Balaban J connectivity index is 1.96. The zero-order chi connectivity index (χ0) is 10.2. The summed E-state index contributed by atoms with van der Waals surface area (Å²) in [6, 6.07) is 0.839. The van der Waals surface area contributed by atoms with Crippen molar-refractivity contribution in [1.82, 2.24) is 5.32 Å². The van der Waals surface area contributed by atoms with Gasteiger partial charge in [-0.15, -0.1) is 0 Å². The van der Waals surface area contributed by atoms with Gasteiger partial charge in [-0.1, -0.05) is 20.3 Å². The van der Waals surface area contributed by atoms with Crippen LogP contribution < -0.4 is 5.32 Å². The van der Waals surface area contributed by atoms with Crippen LogP contribution in [0.15, 0.2) is 0 Å². The molecular formula is C12H25NS. The summed E-state index contributed by atoms with van der Waals surface area (Å²) >= 11 is 2.08. The van der Waals surface area contributed by atoms with Crippen molar-refractivity contribution in [2.75, 3.05) is 18.1 Å². The number of rotatable bonds is 9. The fourth-order valence-corrected chi connectivity index (χ4v) is 2.67. The van der Waals surface area contributed by atoms with Gasteiger partial charge in [-0.05, 0) is 49.7 Å². The monoisotopic (exact) mass is 215 g/mol. The van der Waals surface area contributed by atoms with Crippen molar-refractivity contribution in [1.29, 1.82) is 0 Å². The van der Waals surface area contributed by atoms with E-state index in [0.717, 1.165) is 18.5 Å². The van der Waals surface area contributed by atoms with E-state index in [1.807, 2.05) is 0 Å². The maximum Gasteiger partial charge on any atom is 0.00952 e. The summed E-state index contributed by atoms with van der Waals surface area (Å²) in [5.74, 6) is 3.66. The molecule has 0 aromatic rings. The highest BCUT2D eigenvalue weighted by Gasteiger charge is 2.29. The van der Waals surface area contributed by atoms with Crippen LogP contribution in [0, 0.1) is 5.92 Å². The minimum atomic E-state index is 0.839. The summed E-state index contributed by atoms with van der Waals surface area (Å²) in [4.78, 5) is 0. The molecule has 14 heavy (non-hydrogen) atoms. The predicted octanol–water partition coefficient (Wildman–Crippen LogP) is 3.30. The second-order valence-electron chi connectivity index (χ2n) is 4.19. The van der Waals surface area contributed by atoms with Gasteiger partial charge >= 0.3 is 0 Å². The van der Waals surface area contributed by atoms with Crippen molar-refractivity contribution >= 4 is 11.8 Å². The van der Waals surface area contributed by atoms with E-state index < -0.39 is 0 Å². The molecule has 1 aliphatic carbocycles. The zero-order valence-corrected chi connectivity index (χ0v) is 10.5. The topological polar surface area (TPSA) is 12.0 Å². The molecule has 0 radical (unpaired) electrons. The standard InChI is InChI=1S/C12H25NS/c1-3-13-12(11-8-9-11)7-5-6-10-14-4-2/h11-13H,3-10H2,1-2H3. The average molecular weight is 215 g/mol. The molecule has 1 N–H and O–H groups in total. The fraction of sp³-hybridized carbons (Fsp3) is 1.00. The maximum atomic E-state index is 3.63. The van der Waals surface area contributed by atoms with E-state index in [1.54, 1.807) is 0 Å². The van der Waals surface area contributed by atoms with Gasteiger partial charge in [0, 0.05) is 6.04 Å². The van der Waals surface area contributed by atoms with Crippen LogP contribution in [0.2, 0.25) is 0 Å². The van der Waals surface area contributed by atoms with E-state index in [2.05, 4.69) is 30.9 Å². The van der Waals surface area contributed by atoms with Crippen LogP contribution in [-0.2, 0) is 0 Å². The van der Waals surface area contributed by atoms with Crippen LogP contribution in [0.5, 0.6) is 0 Å². The van der Waals surface area contributed by atoms with E-state index in [4.69, 9.17) is 0 Å². The van der Waals surface area contributed by atoms with Gasteiger partial charge in [-0.3, -0.25) is 0 Å². The van der Waals surface area contributed by atoms with Crippen molar-refractivity contribution in [3.8, 4) is 0 Å². The van der Waals surface area contributed by atoms with Crippen molar-refractivity contribution in [2.24, 2.45) is 5.92 Å². The number of hydrogen-bond donors (Lipinski definition) is 1. The Morgan fingerprint density at radius 2 is 2.07 bits per heavy atom. The van der Waals surface area contributed by atoms with Gasteiger partial charge in [0.15, 0.2) is 0 Å². The molecule has 1 aliphatic rings. The molecule has 0 spiro atoms. The molecule has 0 saturated heterocycles. The van der Waals surface area contributed by atoms with Gasteiger partial charge in [-0.25, -0.2) is 0 Å². The van der Waals surface area contributed by atoms with Gasteiger partial charge in [-0.2, -0.15) is 11.8 Å². The predicted molar refractivity (Wildman–Crippen MR) is 67.0 cm³/mol. The minimum Gasteiger partial charge on any atom is -0.314 e. The number of thioether (sulfide) groups is 1. The summed E-state index contributed by atoms with van der Waals surface area (Å²) in [5, 5.41) is 3.63. The largest absolute Gasteiger partial charge is 0.314 e. The van der Waals surface area contributed by atoms with E-state index in [-0.39, 0.29) is 0 Å². The van der Waals surface area contributed by atoms with Gasteiger partial charge in [0.05, 0.1) is 0 Å². The molecule has 0 bridgehead atoms. The molecule has 1 unspecified atom stereocenters. The van der Waals surface area contributed by atoms with Gasteiger partial charge < -0.3 is 5.32 Å². The van der Waals surface area contributed by atoms with Gasteiger partial charge in [0.2, 0.25) is 0 Å². The van der Waals surface area contributed by atoms with Gasteiger partial charge in [0.1, 0.15) is 0 Å². The lowest BCUT2D eigenvalue weighted by molar-refractivity contribution is 0.433. The summed E-state index contributed by atoms with van der Waals surface area (Å²) in [6.07, 6.45) is 7.18. The van der Waals surface area contributed by atoms with Crippen LogP contribution in [0.3, 0.4) is 0 Å². The molecule has 2 heteroatoms. The molecule has 1 rings (SSSR count). The molecule has 1 atom stereocenters. The normalized spacial score (nSPS) is 18.4. The molecule has 84 valence electrons. The van der Waals surface area contributed by atoms with E-state index >= 15 is 0 Å². The van der Waals surface area contributed by atoms with Crippen LogP contribution in [-0.4, -0.2) is 24.1 Å². The molecule has 1 saturated carbocycles. The van der Waals surface area contributed by atoms with Crippen molar-refractivity contribution < 1.29 is 0 Å². The first kappa shape index (κ1) is 12.4. The SMILES string of the molecule is CCNC(CCCCSCC)C1CC1. The smallest absolute Gasteiger partial charge is 0.00952 e. The highest BCUT2D eigenvalue weighted by atomic mass is 32.2. The highest BCUT2D eigenvalue weighted by molar-refractivity contribution is 7.99. The second-order valence-corrected chi connectivity index (χ2v) is 5.59. The quantitative estimate of drug-likeness (QED) is 0.592. The van der Waals surface area contributed by atoms with Crippen molar-refractivity contribution in [3.63, 3.8) is 0 Å². The van der Waals surface area contributed by atoms with E-state index in [9.17, 15) is 0 Å². The molecule has 1 nitrogen and oxygen atoms in total. The van der Waals surface area contributed by atoms with Gasteiger partial charge in [0.25, 0.3) is 0 Å². The average Bonchev–Trinajstić information content (AvgIpc) is 2.99. The second kappa shape index (κ2) is 7.58. The Bertz CT molecular complexity index is 134. The lowest BCUT2D eigenvalue weighted by Gasteiger charge is -2.16. The van der Waals surface area contributed by atoms with Crippen LogP contribution >= 0.6 is 11.8 Å². The van der Waals surface area contributed by atoms with Crippen LogP contribution in [0.4, 0.5) is 0 Å². The Morgan fingerprint density at radius 1 is 1.29 bits per heavy atom. The number of nitrogens with one attached hydrogen (secondary N) is 1. The maximum absolute atomic E-state index is 3.63. The van der Waals surface area contributed by atoms with E-state index in [0.29, 0.717) is 0 Å². The van der Waals surface area contributed by atoms with Crippen LogP contribution in [0.25, 0.3) is 0 Å². The molecule has 0 heterocycles. The molecule has 1 fully saturated rings. The Morgan fingerprint density at radius 3 is 2.64 bits per heavy atom. The first-order valence-electron chi connectivity index (χ1n) is 6.19. The highest BCUT2D eigenvalue weighted by Crippen LogP contribution is 2.34. The summed E-state index contributed by atoms with van der Waals surface area (Å²) in [6.45, 7) is 5.61. The lowest BCUT2D eigenvalue weighted by Crippen LogP contribution is -2.30. The summed E-state index contributed by atoms with van der Waals surface area (Å²) in [5.41, 5.74) is 0. The Hall–Kier alpha value is 0.310. The Kier molecular flexibility index (Phi) is 6.70. The first-order valence-corrected chi connectivity index (χ1v) is 7.35. The first-order chi connectivity index (χ1) is 6.88. The third-order valence-electron chi connectivity index (χ3n) is 2.92. The van der Waals surface area contributed by atoms with Crippen LogP contribution in [0.1, 0.15) is 46.0 Å². The molecule has 0 aliphatic heterocycles. The Labute approximate surface area is 93.4 Å². The summed E-state index contributed by atoms with van der Waals surface area (Å²) in [7, 11) is 0. The molecule has 0 aromatic carbocycles. The lowest BCUT2D eigenvalue weighted by atomic mass is 10.1. The summed E-state index contributed by atoms with van der Waals surface area (Å²) < 4.78 is 0. The zero-order valence-electron chi connectivity index (χ0n) is 9.72. The molecule has 0 amide bonds. The minimum absolute atomic E-state index is 0.839. The van der Waals surface area contributed by atoms with Crippen molar-refractivity contribution in [3.05, 3.63) is 0 Å². The molecular weight excluding hydrogens is 190 g/mol. The van der Waals surface area contributed by atoms with Crippen molar-refractivity contribution in [2.45, 2.75) is 52.0 Å². The fourth-order valence-electron chi connectivity index (χ4n) is 1.98. The number of unbranched alkanes of at least 4 members (excludes halogenated alkanes) is 1. The molecule has 0 aromatic heterocycles. The number of hydrogen-bond acceptors (Lipinski definition) is 2. The third kappa shape index (κ3) is 5.26. The van der Waals surface area contributed by atoms with E-state index in [1.165, 1.54) is 43.6 Å². The third-order valence-corrected chi connectivity index (χ3v) is 3.90.